The lowest BCUT2D eigenvalue weighted by Gasteiger charge is -2.17. The molecule has 1 aliphatic carbocycles. The van der Waals surface area contributed by atoms with E-state index in [1.54, 1.807) is 6.42 Å². The van der Waals surface area contributed by atoms with E-state index < -0.39 is 11.5 Å². The van der Waals surface area contributed by atoms with Crippen molar-refractivity contribution in [3.63, 3.8) is 0 Å². The molecule has 1 saturated carbocycles. The van der Waals surface area contributed by atoms with Crippen LogP contribution in [0.1, 0.15) is 26.2 Å². The maximum atomic E-state index is 10.6. The van der Waals surface area contributed by atoms with Gasteiger partial charge >= 0.3 is 0 Å². The molecule has 1 amide bonds. The lowest BCUT2D eigenvalue weighted by atomic mass is 9.98. The molecule has 0 heterocycles. The molecule has 3 nitrogen and oxygen atoms in total. The zero-order valence-corrected chi connectivity index (χ0v) is 6.71. The molecule has 1 atom stereocenters. The molecule has 63 valence electrons. The van der Waals surface area contributed by atoms with Crippen molar-refractivity contribution in [3.8, 4) is 0 Å². The molecule has 0 aliphatic heterocycles. The summed E-state index contributed by atoms with van der Waals surface area (Å²) in [5.74, 6) is 0.0129. The van der Waals surface area contributed by atoms with E-state index >= 15 is 0 Å². The maximum absolute atomic E-state index is 10.6. The van der Waals surface area contributed by atoms with Crippen molar-refractivity contribution >= 4 is 5.91 Å². The van der Waals surface area contributed by atoms with E-state index in [2.05, 4.69) is 0 Å². The fraction of sp³-hybridized carbons (Fsp3) is 0.750. The summed E-state index contributed by atoms with van der Waals surface area (Å²) in [5.41, 5.74) is 3.54. The molecule has 3 heteroatoms. The van der Waals surface area contributed by atoms with Gasteiger partial charge in [0.2, 0.25) is 5.91 Å². The molecule has 0 aromatic rings. The molecule has 0 unspecified atom stereocenters. The average molecular weight is 156 g/mol. The number of rotatable bonds is 4. The van der Waals surface area contributed by atoms with E-state index in [0.29, 0.717) is 5.92 Å². The van der Waals surface area contributed by atoms with Crippen LogP contribution in [-0.2, 0) is 4.79 Å². The highest BCUT2D eigenvalue weighted by atomic mass is 16.3. The number of carbonyl (C=O) groups is 1. The Morgan fingerprint density at radius 3 is 2.73 bits per heavy atom. The van der Waals surface area contributed by atoms with Gasteiger partial charge in [-0.2, -0.15) is 0 Å². The largest absolute Gasteiger partial charge is 0.380 e. The van der Waals surface area contributed by atoms with Gasteiger partial charge in [-0.3, -0.25) is 4.79 Å². The van der Waals surface area contributed by atoms with Gasteiger partial charge in [0.05, 0.1) is 0 Å². The third-order valence-electron chi connectivity index (χ3n) is 2.04. The van der Waals surface area contributed by atoms with Crippen molar-refractivity contribution in [2.24, 2.45) is 11.7 Å². The molecule has 1 fully saturated rings. The van der Waals surface area contributed by atoms with Crippen LogP contribution in [0.15, 0.2) is 0 Å². The smallest absolute Gasteiger partial charge is 0.249 e. The summed E-state index contributed by atoms with van der Waals surface area (Å²) in [6.45, 7) is 1.43. The van der Waals surface area contributed by atoms with Gasteiger partial charge < -0.3 is 10.8 Å². The average Bonchev–Trinajstić information content (AvgIpc) is 2.65. The number of hydrogen-bond donors (Lipinski definition) is 2. The summed E-state index contributed by atoms with van der Waals surface area (Å²) < 4.78 is 0. The minimum Gasteiger partial charge on any atom is -0.380 e. The number of carbonyl (C=O) groups excluding carboxylic acids is 1. The Hall–Kier alpha value is -0.570. The van der Waals surface area contributed by atoms with Crippen molar-refractivity contribution in [1.82, 2.24) is 0 Å². The molecule has 1 rings (SSSR count). The van der Waals surface area contributed by atoms with Crippen LogP contribution in [0.25, 0.3) is 0 Å². The van der Waals surface area contributed by atoms with Gasteiger partial charge in [0.25, 0.3) is 0 Å². The molecule has 0 spiro atoms. The van der Waals surface area contributed by atoms with E-state index in [-0.39, 0.29) is 0 Å². The van der Waals surface area contributed by atoms with Crippen LogP contribution in [0.5, 0.6) is 0 Å². The first kappa shape index (κ1) is 8.53. The van der Waals surface area contributed by atoms with Crippen molar-refractivity contribution in [1.29, 1.82) is 0 Å². The Labute approximate surface area is 66.6 Å². The third kappa shape index (κ3) is 2.50. The zero-order chi connectivity index (χ0) is 8.48. The minimum atomic E-state index is -1.41. The molecular formula is C8H14NO2. The SMILES string of the molecule is C[C@](O)([CH]CC1CC1)C(N)=O. The van der Waals surface area contributed by atoms with Gasteiger partial charge in [-0.25, -0.2) is 0 Å². The zero-order valence-electron chi connectivity index (χ0n) is 6.71. The van der Waals surface area contributed by atoms with Gasteiger partial charge in [0.1, 0.15) is 5.60 Å². The number of primary amides is 1. The van der Waals surface area contributed by atoms with Gasteiger partial charge in [0, 0.05) is 6.42 Å². The predicted molar refractivity (Wildman–Crippen MR) is 41.5 cm³/mol. The van der Waals surface area contributed by atoms with Gasteiger partial charge in [-0.1, -0.05) is 12.8 Å². The van der Waals surface area contributed by atoms with E-state index in [1.165, 1.54) is 19.8 Å². The lowest BCUT2D eigenvalue weighted by molar-refractivity contribution is -0.131. The summed E-state index contributed by atoms with van der Waals surface area (Å²) in [6.07, 6.45) is 4.83. The normalized spacial score (nSPS) is 22.7. The van der Waals surface area contributed by atoms with Crippen LogP contribution >= 0.6 is 0 Å². The summed E-state index contributed by atoms with van der Waals surface area (Å²) in [6, 6.07) is 0. The quantitative estimate of drug-likeness (QED) is 0.612. The van der Waals surface area contributed by atoms with Gasteiger partial charge in [-0.05, 0) is 19.3 Å². The van der Waals surface area contributed by atoms with Crippen molar-refractivity contribution in [2.75, 3.05) is 0 Å². The topological polar surface area (TPSA) is 63.3 Å². The maximum Gasteiger partial charge on any atom is 0.249 e. The van der Waals surface area contributed by atoms with Crippen LogP contribution in [0.2, 0.25) is 0 Å². The molecular weight excluding hydrogens is 142 g/mol. The first-order valence-electron chi connectivity index (χ1n) is 3.89. The molecule has 1 aliphatic rings. The second kappa shape index (κ2) is 2.81. The van der Waals surface area contributed by atoms with E-state index in [0.717, 1.165) is 6.42 Å². The van der Waals surface area contributed by atoms with E-state index in [1.807, 2.05) is 0 Å². The molecule has 3 N–H and O–H groups in total. The molecule has 11 heavy (non-hydrogen) atoms. The Morgan fingerprint density at radius 2 is 2.36 bits per heavy atom. The Balaban J connectivity index is 2.26. The second-order valence-electron chi connectivity index (χ2n) is 3.39. The van der Waals surface area contributed by atoms with E-state index in [4.69, 9.17) is 5.73 Å². The lowest BCUT2D eigenvalue weighted by Crippen LogP contribution is -2.41. The van der Waals surface area contributed by atoms with Crippen LogP contribution < -0.4 is 5.73 Å². The van der Waals surface area contributed by atoms with Crippen LogP contribution in [0.3, 0.4) is 0 Å². The Kier molecular flexibility index (Phi) is 2.18. The van der Waals surface area contributed by atoms with Gasteiger partial charge in [0.15, 0.2) is 0 Å². The third-order valence-corrected chi connectivity index (χ3v) is 2.04. The van der Waals surface area contributed by atoms with Crippen molar-refractivity contribution in [3.05, 3.63) is 6.42 Å². The van der Waals surface area contributed by atoms with Crippen LogP contribution in [0, 0.1) is 12.3 Å². The molecule has 0 bridgehead atoms. The van der Waals surface area contributed by atoms with Crippen LogP contribution in [0.4, 0.5) is 0 Å². The standard InChI is InChI=1S/C8H14NO2/c1-8(11,7(9)10)5-4-6-2-3-6/h5-6,11H,2-4H2,1H3,(H2,9,10)/t8-/m0/s1. The summed E-state index contributed by atoms with van der Waals surface area (Å²) in [4.78, 5) is 10.6. The molecule has 1 radical (unpaired) electrons. The first-order chi connectivity index (χ1) is 5.02. The Morgan fingerprint density at radius 1 is 1.82 bits per heavy atom. The number of aliphatic hydroxyl groups is 1. The highest BCUT2D eigenvalue weighted by Gasteiger charge is 2.31. The molecule has 0 saturated heterocycles. The van der Waals surface area contributed by atoms with Crippen LogP contribution in [-0.4, -0.2) is 16.6 Å². The second-order valence-corrected chi connectivity index (χ2v) is 3.39. The minimum absolute atomic E-state index is 0.668. The monoisotopic (exact) mass is 156 g/mol. The Bertz CT molecular complexity index is 161. The summed E-state index contributed by atoms with van der Waals surface area (Å²) in [7, 11) is 0. The number of hydrogen-bond acceptors (Lipinski definition) is 2. The first-order valence-corrected chi connectivity index (χ1v) is 3.89. The summed E-state index contributed by atoms with van der Waals surface area (Å²) >= 11 is 0. The highest BCUT2D eigenvalue weighted by Crippen LogP contribution is 2.34. The van der Waals surface area contributed by atoms with Crippen molar-refractivity contribution in [2.45, 2.75) is 31.8 Å². The highest BCUT2D eigenvalue weighted by molar-refractivity contribution is 5.84. The number of nitrogens with two attached hydrogens (primary N) is 1. The number of amides is 1. The van der Waals surface area contributed by atoms with Crippen molar-refractivity contribution < 1.29 is 9.90 Å². The van der Waals surface area contributed by atoms with E-state index in [9.17, 15) is 9.90 Å². The molecule has 0 aromatic carbocycles. The molecule has 0 aromatic heterocycles. The summed E-state index contributed by atoms with van der Waals surface area (Å²) in [5, 5.41) is 9.34. The fourth-order valence-electron chi connectivity index (χ4n) is 0.850. The van der Waals surface area contributed by atoms with Gasteiger partial charge in [-0.15, -0.1) is 0 Å². The fourth-order valence-corrected chi connectivity index (χ4v) is 0.850. The predicted octanol–water partition coefficient (Wildman–Crippen LogP) is 0.227.